The van der Waals surface area contributed by atoms with Crippen molar-refractivity contribution < 1.29 is 24.6 Å². The van der Waals surface area contributed by atoms with E-state index in [1.54, 1.807) is 4.90 Å². The Morgan fingerprint density at radius 3 is 2.20 bits per heavy atom. The molecule has 0 aliphatic heterocycles. The SMILES string of the molecule is CCCCN(C(=O)N[C@@H](CC(=O)O)C(=O)O)C(C)CC. The van der Waals surface area contributed by atoms with Crippen LogP contribution in [0.1, 0.15) is 46.5 Å². The maximum atomic E-state index is 12.1. The van der Waals surface area contributed by atoms with Gasteiger partial charge in [0, 0.05) is 12.6 Å². The summed E-state index contributed by atoms with van der Waals surface area (Å²) in [5, 5.41) is 19.9. The molecule has 2 amide bonds. The van der Waals surface area contributed by atoms with Gasteiger partial charge in [-0.25, -0.2) is 9.59 Å². The molecule has 0 aromatic rings. The van der Waals surface area contributed by atoms with Crippen LogP contribution in [0.4, 0.5) is 4.79 Å². The quantitative estimate of drug-likeness (QED) is 0.596. The molecule has 0 fully saturated rings. The lowest BCUT2D eigenvalue weighted by Gasteiger charge is -2.29. The van der Waals surface area contributed by atoms with E-state index in [1.807, 2.05) is 20.8 Å². The number of aliphatic carboxylic acids is 2. The van der Waals surface area contributed by atoms with Crippen LogP contribution in [0.2, 0.25) is 0 Å². The summed E-state index contributed by atoms with van der Waals surface area (Å²) in [6.07, 6.45) is 1.84. The van der Waals surface area contributed by atoms with E-state index in [2.05, 4.69) is 5.32 Å². The Morgan fingerprint density at radius 2 is 1.80 bits per heavy atom. The summed E-state index contributed by atoms with van der Waals surface area (Å²) in [5.41, 5.74) is 0. The van der Waals surface area contributed by atoms with Gasteiger partial charge in [-0.2, -0.15) is 0 Å². The van der Waals surface area contributed by atoms with E-state index in [9.17, 15) is 14.4 Å². The summed E-state index contributed by atoms with van der Waals surface area (Å²) in [6, 6.07) is -1.96. The second-order valence-electron chi connectivity index (χ2n) is 4.74. The average Bonchev–Trinajstić information content (AvgIpc) is 2.37. The van der Waals surface area contributed by atoms with E-state index in [1.165, 1.54) is 0 Å². The number of hydrogen-bond donors (Lipinski definition) is 3. The first kappa shape index (κ1) is 18.2. The lowest BCUT2D eigenvalue weighted by molar-refractivity contribution is -0.145. The van der Waals surface area contributed by atoms with Crippen molar-refractivity contribution in [1.29, 1.82) is 0 Å². The van der Waals surface area contributed by atoms with Gasteiger partial charge in [-0.15, -0.1) is 0 Å². The number of rotatable bonds is 9. The molecular formula is C13H24N2O5. The molecule has 116 valence electrons. The van der Waals surface area contributed by atoms with Crippen molar-refractivity contribution in [1.82, 2.24) is 10.2 Å². The first-order valence-corrected chi connectivity index (χ1v) is 6.85. The molecule has 0 bridgehead atoms. The molecule has 0 heterocycles. The van der Waals surface area contributed by atoms with Crippen LogP contribution >= 0.6 is 0 Å². The first-order valence-electron chi connectivity index (χ1n) is 6.85. The smallest absolute Gasteiger partial charge is 0.326 e. The number of hydrogen-bond acceptors (Lipinski definition) is 3. The van der Waals surface area contributed by atoms with Crippen LogP contribution in [0.5, 0.6) is 0 Å². The van der Waals surface area contributed by atoms with Gasteiger partial charge in [-0.05, 0) is 19.8 Å². The summed E-state index contributed by atoms with van der Waals surface area (Å²) >= 11 is 0. The van der Waals surface area contributed by atoms with E-state index in [4.69, 9.17) is 10.2 Å². The van der Waals surface area contributed by atoms with Gasteiger partial charge in [-0.3, -0.25) is 4.79 Å². The van der Waals surface area contributed by atoms with Gasteiger partial charge in [0.1, 0.15) is 6.04 Å². The molecule has 0 saturated heterocycles. The first-order chi connectivity index (χ1) is 9.33. The number of carboxylic acid groups (broad SMARTS) is 2. The Bertz CT molecular complexity index is 346. The third-order valence-corrected chi connectivity index (χ3v) is 3.11. The zero-order valence-electron chi connectivity index (χ0n) is 12.3. The fraction of sp³-hybridized carbons (Fsp3) is 0.769. The summed E-state index contributed by atoms with van der Waals surface area (Å²) < 4.78 is 0. The maximum Gasteiger partial charge on any atom is 0.326 e. The van der Waals surface area contributed by atoms with Gasteiger partial charge in [0.15, 0.2) is 0 Å². The molecule has 0 spiro atoms. The maximum absolute atomic E-state index is 12.1. The lowest BCUT2D eigenvalue weighted by Crippen LogP contribution is -2.51. The molecule has 3 N–H and O–H groups in total. The largest absolute Gasteiger partial charge is 0.481 e. The van der Waals surface area contributed by atoms with Crippen molar-refractivity contribution in [2.24, 2.45) is 0 Å². The zero-order valence-corrected chi connectivity index (χ0v) is 12.3. The van der Waals surface area contributed by atoms with Crippen LogP contribution in [0, 0.1) is 0 Å². The zero-order chi connectivity index (χ0) is 15.7. The van der Waals surface area contributed by atoms with Gasteiger partial charge < -0.3 is 20.4 Å². The number of carbonyl (C=O) groups excluding carboxylic acids is 1. The Hall–Kier alpha value is -1.79. The Balaban J connectivity index is 4.77. The molecule has 0 rings (SSSR count). The van der Waals surface area contributed by atoms with Crippen LogP contribution in [-0.2, 0) is 9.59 Å². The molecule has 2 atom stereocenters. The van der Waals surface area contributed by atoms with Crippen molar-refractivity contribution in [2.75, 3.05) is 6.54 Å². The molecule has 0 aliphatic rings. The Kier molecular flexibility index (Phi) is 8.35. The van der Waals surface area contributed by atoms with Crippen LogP contribution < -0.4 is 5.32 Å². The second kappa shape index (κ2) is 9.17. The molecule has 7 heteroatoms. The lowest BCUT2D eigenvalue weighted by atomic mass is 10.2. The minimum absolute atomic E-state index is 0.0270. The molecule has 0 aliphatic carbocycles. The van der Waals surface area contributed by atoms with Crippen molar-refractivity contribution in [3.8, 4) is 0 Å². The standard InChI is InChI=1S/C13H24N2O5/c1-4-6-7-15(9(3)5-2)13(20)14-10(12(18)19)8-11(16)17/h9-10H,4-8H2,1-3H3,(H,14,20)(H,16,17)(H,18,19)/t9?,10-/m0/s1. The Morgan fingerprint density at radius 1 is 1.20 bits per heavy atom. The number of nitrogens with zero attached hydrogens (tertiary/aromatic N) is 1. The molecule has 0 aromatic heterocycles. The fourth-order valence-corrected chi connectivity index (χ4v) is 1.68. The number of nitrogens with one attached hydrogen (secondary N) is 1. The predicted molar refractivity (Wildman–Crippen MR) is 73.6 cm³/mol. The number of carboxylic acids is 2. The number of amides is 2. The molecule has 20 heavy (non-hydrogen) atoms. The third-order valence-electron chi connectivity index (χ3n) is 3.11. The van der Waals surface area contributed by atoms with E-state index >= 15 is 0 Å². The third kappa shape index (κ3) is 6.40. The average molecular weight is 288 g/mol. The van der Waals surface area contributed by atoms with Crippen molar-refractivity contribution in [2.45, 2.75) is 58.5 Å². The highest BCUT2D eigenvalue weighted by atomic mass is 16.4. The van der Waals surface area contributed by atoms with E-state index in [0.717, 1.165) is 19.3 Å². The number of urea groups is 1. The number of unbranched alkanes of at least 4 members (excludes halogenated alkanes) is 1. The second-order valence-corrected chi connectivity index (χ2v) is 4.74. The fourth-order valence-electron chi connectivity index (χ4n) is 1.68. The van der Waals surface area contributed by atoms with Crippen molar-refractivity contribution >= 4 is 18.0 Å². The van der Waals surface area contributed by atoms with Crippen LogP contribution in [0.3, 0.4) is 0 Å². The summed E-state index contributed by atoms with van der Waals surface area (Å²) in [4.78, 5) is 35.2. The highest BCUT2D eigenvalue weighted by molar-refractivity contribution is 5.86. The molecule has 0 aromatic carbocycles. The van der Waals surface area contributed by atoms with Gasteiger partial charge in [0.05, 0.1) is 6.42 Å². The highest BCUT2D eigenvalue weighted by Gasteiger charge is 2.26. The predicted octanol–water partition coefficient (Wildman–Crippen LogP) is 1.52. The minimum atomic E-state index is -1.41. The van der Waals surface area contributed by atoms with Crippen molar-refractivity contribution in [3.05, 3.63) is 0 Å². The van der Waals surface area contributed by atoms with E-state index in [0.29, 0.717) is 6.54 Å². The van der Waals surface area contributed by atoms with Gasteiger partial charge in [0.25, 0.3) is 0 Å². The summed E-state index contributed by atoms with van der Waals surface area (Å²) in [7, 11) is 0. The van der Waals surface area contributed by atoms with E-state index in [-0.39, 0.29) is 6.04 Å². The van der Waals surface area contributed by atoms with Crippen molar-refractivity contribution in [3.63, 3.8) is 0 Å². The highest BCUT2D eigenvalue weighted by Crippen LogP contribution is 2.07. The van der Waals surface area contributed by atoms with Gasteiger partial charge in [0.2, 0.25) is 0 Å². The monoisotopic (exact) mass is 288 g/mol. The molecular weight excluding hydrogens is 264 g/mol. The van der Waals surface area contributed by atoms with Gasteiger partial charge in [-0.1, -0.05) is 20.3 Å². The molecule has 1 unspecified atom stereocenters. The topological polar surface area (TPSA) is 107 Å². The minimum Gasteiger partial charge on any atom is -0.481 e. The van der Waals surface area contributed by atoms with Crippen LogP contribution in [-0.4, -0.2) is 51.7 Å². The van der Waals surface area contributed by atoms with Gasteiger partial charge >= 0.3 is 18.0 Å². The van der Waals surface area contributed by atoms with Crippen LogP contribution in [0.25, 0.3) is 0 Å². The normalized spacial score (nSPS) is 13.3. The summed E-state index contributed by atoms with van der Waals surface area (Å²) in [6.45, 7) is 6.33. The Labute approximate surface area is 119 Å². The molecule has 7 nitrogen and oxygen atoms in total. The molecule has 0 radical (unpaired) electrons. The number of carbonyl (C=O) groups is 3. The molecule has 0 saturated carbocycles. The summed E-state index contributed by atoms with van der Waals surface area (Å²) in [5.74, 6) is -2.61. The van der Waals surface area contributed by atoms with E-state index < -0.39 is 30.4 Å². The van der Waals surface area contributed by atoms with Crippen LogP contribution in [0.15, 0.2) is 0 Å².